The van der Waals surface area contributed by atoms with Gasteiger partial charge in [-0.3, -0.25) is 0 Å². The highest BCUT2D eigenvalue weighted by atomic mass is 16.5. The van der Waals surface area contributed by atoms with E-state index in [1.165, 1.54) is 5.56 Å². The Morgan fingerprint density at radius 3 is 2.75 bits per heavy atom. The average Bonchev–Trinajstić information content (AvgIpc) is 2.29. The Morgan fingerprint density at radius 1 is 1.38 bits per heavy atom. The van der Waals surface area contributed by atoms with Crippen LogP contribution in [0.5, 0.6) is 5.75 Å². The molecule has 0 aromatic heterocycles. The zero-order chi connectivity index (χ0) is 12.0. The summed E-state index contributed by atoms with van der Waals surface area (Å²) in [6.07, 6.45) is 0.931. The van der Waals surface area contributed by atoms with E-state index in [2.05, 4.69) is 11.4 Å². The number of hydrogen-bond donors (Lipinski definition) is 2. The molecule has 0 radical (unpaired) electrons. The lowest BCUT2D eigenvalue weighted by molar-refractivity contribution is 0.189. The van der Waals surface area contributed by atoms with E-state index in [4.69, 9.17) is 9.84 Å². The minimum atomic E-state index is -0.209. The number of nitrogens with one attached hydrogen (secondary N) is 1. The van der Waals surface area contributed by atoms with Crippen molar-refractivity contribution >= 4 is 0 Å². The first-order valence-electron chi connectivity index (χ1n) is 5.56. The van der Waals surface area contributed by atoms with Gasteiger partial charge in [0.15, 0.2) is 0 Å². The summed E-state index contributed by atoms with van der Waals surface area (Å²) < 4.78 is 5.16. The lowest BCUT2D eigenvalue weighted by Crippen LogP contribution is -2.43. The lowest BCUT2D eigenvalue weighted by Gasteiger charge is -2.23. The van der Waals surface area contributed by atoms with Crippen LogP contribution in [-0.2, 0) is 6.42 Å². The number of ether oxygens (including phenoxy) is 1. The molecule has 0 atom stereocenters. The number of benzene rings is 1. The van der Waals surface area contributed by atoms with Crippen molar-refractivity contribution in [3.05, 3.63) is 29.8 Å². The molecule has 0 amide bonds. The highest BCUT2D eigenvalue weighted by Gasteiger charge is 2.14. The molecule has 0 saturated heterocycles. The van der Waals surface area contributed by atoms with Crippen molar-refractivity contribution in [1.82, 2.24) is 5.32 Å². The normalized spacial score (nSPS) is 11.5. The molecule has 0 bridgehead atoms. The lowest BCUT2D eigenvalue weighted by atomic mass is 10.1. The second-order valence-corrected chi connectivity index (χ2v) is 4.57. The van der Waals surface area contributed by atoms with Gasteiger partial charge in [0.05, 0.1) is 13.7 Å². The molecule has 90 valence electrons. The van der Waals surface area contributed by atoms with Gasteiger partial charge >= 0.3 is 0 Å². The quantitative estimate of drug-likeness (QED) is 0.769. The molecule has 0 unspecified atom stereocenters. The predicted molar refractivity (Wildman–Crippen MR) is 65.9 cm³/mol. The molecule has 0 saturated carbocycles. The fourth-order valence-electron chi connectivity index (χ4n) is 1.43. The summed E-state index contributed by atoms with van der Waals surface area (Å²) in [5.41, 5.74) is 1.03. The molecule has 2 N–H and O–H groups in total. The summed E-state index contributed by atoms with van der Waals surface area (Å²) in [6.45, 7) is 4.96. The van der Waals surface area contributed by atoms with E-state index in [0.29, 0.717) is 0 Å². The largest absolute Gasteiger partial charge is 0.497 e. The molecule has 0 spiro atoms. The molecule has 1 aromatic rings. The number of methoxy groups -OCH3 is 1. The first-order valence-corrected chi connectivity index (χ1v) is 5.56. The summed E-state index contributed by atoms with van der Waals surface area (Å²) in [5.74, 6) is 0.888. The minimum Gasteiger partial charge on any atom is -0.497 e. The Hall–Kier alpha value is -1.06. The fourth-order valence-corrected chi connectivity index (χ4v) is 1.43. The van der Waals surface area contributed by atoms with E-state index in [1.54, 1.807) is 7.11 Å². The molecule has 1 rings (SSSR count). The van der Waals surface area contributed by atoms with Crippen LogP contribution in [-0.4, -0.2) is 30.9 Å². The third-order valence-corrected chi connectivity index (χ3v) is 2.55. The van der Waals surface area contributed by atoms with Gasteiger partial charge in [0.1, 0.15) is 5.75 Å². The minimum absolute atomic E-state index is 0.144. The monoisotopic (exact) mass is 223 g/mol. The molecule has 0 fully saturated rings. The van der Waals surface area contributed by atoms with Crippen molar-refractivity contribution < 1.29 is 9.84 Å². The average molecular weight is 223 g/mol. The van der Waals surface area contributed by atoms with E-state index in [0.717, 1.165) is 18.7 Å². The highest BCUT2D eigenvalue weighted by Crippen LogP contribution is 2.12. The summed E-state index contributed by atoms with van der Waals surface area (Å²) in [7, 11) is 1.67. The Kier molecular flexibility index (Phi) is 4.77. The van der Waals surface area contributed by atoms with Gasteiger partial charge in [0.25, 0.3) is 0 Å². The van der Waals surface area contributed by atoms with Crippen LogP contribution in [0.3, 0.4) is 0 Å². The Bertz CT molecular complexity index is 323. The zero-order valence-corrected chi connectivity index (χ0v) is 10.3. The van der Waals surface area contributed by atoms with Gasteiger partial charge in [-0.1, -0.05) is 12.1 Å². The molecule has 3 nitrogen and oxygen atoms in total. The number of aliphatic hydroxyl groups excluding tert-OH is 1. The van der Waals surface area contributed by atoms with Gasteiger partial charge in [-0.05, 0) is 44.5 Å². The molecule has 0 aliphatic rings. The van der Waals surface area contributed by atoms with Crippen molar-refractivity contribution in [2.75, 3.05) is 20.3 Å². The van der Waals surface area contributed by atoms with Crippen LogP contribution in [0, 0.1) is 0 Å². The van der Waals surface area contributed by atoms with Crippen LogP contribution in [0.15, 0.2) is 24.3 Å². The van der Waals surface area contributed by atoms with Crippen LogP contribution in [0.25, 0.3) is 0 Å². The van der Waals surface area contributed by atoms with Crippen molar-refractivity contribution in [1.29, 1.82) is 0 Å². The summed E-state index contributed by atoms with van der Waals surface area (Å²) in [6, 6.07) is 8.05. The fraction of sp³-hybridized carbons (Fsp3) is 0.538. The molecule has 0 aliphatic carbocycles. The van der Waals surface area contributed by atoms with Crippen molar-refractivity contribution in [3.63, 3.8) is 0 Å². The first-order chi connectivity index (χ1) is 7.57. The SMILES string of the molecule is COc1cccc(CCNC(C)(C)CO)c1. The standard InChI is InChI=1S/C13H21NO2/c1-13(2,10-15)14-8-7-11-5-4-6-12(9-11)16-3/h4-6,9,14-15H,7-8,10H2,1-3H3. The maximum absolute atomic E-state index is 9.09. The second-order valence-electron chi connectivity index (χ2n) is 4.57. The number of rotatable bonds is 6. The van der Waals surface area contributed by atoms with Crippen molar-refractivity contribution in [3.8, 4) is 5.75 Å². The zero-order valence-electron chi connectivity index (χ0n) is 10.3. The predicted octanol–water partition coefficient (Wildman–Crippen LogP) is 1.60. The molecular weight excluding hydrogens is 202 g/mol. The molecule has 16 heavy (non-hydrogen) atoms. The van der Waals surface area contributed by atoms with E-state index >= 15 is 0 Å². The van der Waals surface area contributed by atoms with Crippen LogP contribution < -0.4 is 10.1 Å². The third kappa shape index (κ3) is 4.21. The maximum atomic E-state index is 9.09. The summed E-state index contributed by atoms with van der Waals surface area (Å²) in [5, 5.41) is 12.4. The second kappa shape index (κ2) is 5.87. The van der Waals surface area contributed by atoms with Crippen LogP contribution in [0.4, 0.5) is 0 Å². The molecule has 0 aliphatic heterocycles. The van der Waals surface area contributed by atoms with Crippen molar-refractivity contribution in [2.24, 2.45) is 0 Å². The maximum Gasteiger partial charge on any atom is 0.119 e. The van der Waals surface area contributed by atoms with E-state index in [1.807, 2.05) is 32.0 Å². The van der Waals surface area contributed by atoms with Crippen LogP contribution in [0.2, 0.25) is 0 Å². The van der Waals surface area contributed by atoms with Crippen molar-refractivity contribution in [2.45, 2.75) is 25.8 Å². The first kappa shape index (κ1) is 13.0. The smallest absolute Gasteiger partial charge is 0.119 e. The summed E-state index contributed by atoms with van der Waals surface area (Å²) in [4.78, 5) is 0. The Labute approximate surface area is 97.4 Å². The van der Waals surface area contributed by atoms with Gasteiger partial charge in [0, 0.05) is 5.54 Å². The highest BCUT2D eigenvalue weighted by molar-refractivity contribution is 5.28. The molecule has 0 heterocycles. The summed E-state index contributed by atoms with van der Waals surface area (Å²) >= 11 is 0. The Balaban J connectivity index is 2.42. The van der Waals surface area contributed by atoms with Gasteiger partial charge in [0.2, 0.25) is 0 Å². The van der Waals surface area contributed by atoms with Gasteiger partial charge in [-0.15, -0.1) is 0 Å². The van der Waals surface area contributed by atoms with Crippen LogP contribution >= 0.6 is 0 Å². The van der Waals surface area contributed by atoms with Gasteiger partial charge in [-0.25, -0.2) is 0 Å². The topological polar surface area (TPSA) is 41.5 Å². The van der Waals surface area contributed by atoms with E-state index < -0.39 is 0 Å². The van der Waals surface area contributed by atoms with E-state index in [-0.39, 0.29) is 12.1 Å². The van der Waals surface area contributed by atoms with Gasteiger partial charge in [-0.2, -0.15) is 0 Å². The Morgan fingerprint density at radius 2 is 2.12 bits per heavy atom. The molecule has 1 aromatic carbocycles. The van der Waals surface area contributed by atoms with Crippen LogP contribution in [0.1, 0.15) is 19.4 Å². The third-order valence-electron chi connectivity index (χ3n) is 2.55. The number of aliphatic hydroxyl groups is 1. The number of hydrogen-bond acceptors (Lipinski definition) is 3. The molecule has 3 heteroatoms. The van der Waals surface area contributed by atoms with Gasteiger partial charge < -0.3 is 15.2 Å². The van der Waals surface area contributed by atoms with E-state index in [9.17, 15) is 0 Å². The molecular formula is C13H21NO2.